The number of hydrogen-bond acceptors (Lipinski definition) is 6. The number of nitrogens with one attached hydrogen (secondary N) is 1. The topological polar surface area (TPSA) is 85.7 Å². The molecule has 0 aromatic carbocycles. The van der Waals surface area contributed by atoms with Gasteiger partial charge in [-0.05, 0) is 70.9 Å². The Morgan fingerprint density at radius 3 is 2.74 bits per heavy atom. The molecule has 0 radical (unpaired) electrons. The van der Waals surface area contributed by atoms with Gasteiger partial charge in [0.25, 0.3) is 0 Å². The molecule has 1 saturated heterocycles. The smallest absolute Gasteiger partial charge is 0.224 e. The summed E-state index contributed by atoms with van der Waals surface area (Å²) in [5.74, 6) is 1.10. The highest BCUT2D eigenvalue weighted by molar-refractivity contribution is 5.90. The number of rotatable bonds is 6. The average molecular weight is 520 g/mol. The second-order valence-electron chi connectivity index (χ2n) is 11.0. The van der Waals surface area contributed by atoms with Crippen molar-refractivity contribution in [3.05, 3.63) is 41.3 Å². The number of amides is 1. The Morgan fingerprint density at radius 2 is 2.00 bits per heavy atom. The molecular formula is C29H40N8O. The summed E-state index contributed by atoms with van der Waals surface area (Å²) in [5, 5.41) is 4.39. The number of H-pyrrole nitrogens is 1. The number of carbonyl (C=O) groups is 1. The van der Waals surface area contributed by atoms with E-state index in [1.54, 1.807) is 6.33 Å². The molecule has 1 aliphatic heterocycles. The molecule has 4 aromatic heterocycles. The number of aryl methyl sites for hydroxylation is 1. The van der Waals surface area contributed by atoms with Gasteiger partial charge in [0.05, 0.1) is 16.7 Å². The summed E-state index contributed by atoms with van der Waals surface area (Å²) in [7, 11) is 1.53. The Kier molecular flexibility index (Phi) is 5.94. The Labute approximate surface area is 229 Å². The maximum Gasteiger partial charge on any atom is 0.224 e. The molecule has 0 saturated carbocycles. The second kappa shape index (κ2) is 10.0. The van der Waals surface area contributed by atoms with Gasteiger partial charge in [-0.3, -0.25) is 4.79 Å². The Bertz CT molecular complexity index is 1590. The van der Waals surface area contributed by atoms with E-state index in [-0.39, 0.29) is 36.9 Å². The first-order valence-electron chi connectivity index (χ1n) is 14.9. The minimum atomic E-state index is -2.20. The van der Waals surface area contributed by atoms with E-state index in [0.717, 1.165) is 50.4 Å². The van der Waals surface area contributed by atoms with Gasteiger partial charge in [0.15, 0.2) is 5.65 Å². The predicted octanol–water partition coefficient (Wildman–Crippen LogP) is 4.39. The summed E-state index contributed by atoms with van der Waals surface area (Å²) in [6, 6.07) is 4.18. The third-order valence-electron chi connectivity index (χ3n) is 7.90. The lowest BCUT2D eigenvalue weighted by Gasteiger charge is -2.45. The average Bonchev–Trinajstić information content (AvgIpc) is 3.54. The lowest BCUT2D eigenvalue weighted by atomic mass is 9.95. The van der Waals surface area contributed by atoms with Crippen LogP contribution in [-0.4, -0.2) is 86.0 Å². The van der Waals surface area contributed by atoms with Crippen molar-refractivity contribution < 1.29 is 8.91 Å². The van der Waals surface area contributed by atoms with Crippen molar-refractivity contribution >= 4 is 28.4 Å². The maximum atomic E-state index is 13.0. The van der Waals surface area contributed by atoms with Gasteiger partial charge in [-0.15, -0.1) is 0 Å². The van der Waals surface area contributed by atoms with Crippen LogP contribution < -0.4 is 4.90 Å². The van der Waals surface area contributed by atoms with Crippen LogP contribution in [0.1, 0.15) is 60.8 Å². The molecule has 1 N–H and O–H groups in total. The first-order chi connectivity index (χ1) is 19.3. The Morgan fingerprint density at radius 1 is 1.21 bits per heavy atom. The standard InChI is InChI=1S/C29H40N8O/c1-17(2)26-27(22-15-37-29(30-16-31-37)21(6)20(22)5)32-23-9-10-24(33-28(23)26)35-13-19(4)36(14-18(35)3)25(38)11-12-34(7)8/h9-10,15-19,32H,11-14H2,1-8H3/t18-,19+/m0/s1/i7D3. The first-order valence-corrected chi connectivity index (χ1v) is 13.4. The van der Waals surface area contributed by atoms with E-state index >= 15 is 0 Å². The Hall–Kier alpha value is -3.46. The van der Waals surface area contributed by atoms with E-state index in [2.05, 4.69) is 66.7 Å². The van der Waals surface area contributed by atoms with Crippen molar-refractivity contribution in [2.75, 3.05) is 38.6 Å². The van der Waals surface area contributed by atoms with Crippen LogP contribution in [0.5, 0.6) is 0 Å². The normalized spacial score (nSPS) is 20.0. The maximum absolute atomic E-state index is 13.0. The Balaban J connectivity index is 1.43. The number of fused-ring (bicyclic) bond motifs is 2. The zero-order valence-corrected chi connectivity index (χ0v) is 23.4. The van der Waals surface area contributed by atoms with Crippen molar-refractivity contribution in [3.63, 3.8) is 0 Å². The summed E-state index contributed by atoms with van der Waals surface area (Å²) >= 11 is 0. The summed E-state index contributed by atoms with van der Waals surface area (Å²) in [6.07, 6.45) is 3.80. The molecule has 0 bridgehead atoms. The molecule has 2 atom stereocenters. The van der Waals surface area contributed by atoms with Crippen molar-refractivity contribution in [1.82, 2.24) is 34.4 Å². The monoisotopic (exact) mass is 519 g/mol. The van der Waals surface area contributed by atoms with Crippen LogP contribution >= 0.6 is 0 Å². The minimum absolute atomic E-state index is 0.0177. The third kappa shape index (κ3) is 4.53. The number of piperazine rings is 1. The van der Waals surface area contributed by atoms with Gasteiger partial charge >= 0.3 is 0 Å². The van der Waals surface area contributed by atoms with Gasteiger partial charge in [0.1, 0.15) is 12.1 Å². The summed E-state index contributed by atoms with van der Waals surface area (Å²) in [5.41, 5.74) is 8.36. The molecule has 1 fully saturated rings. The highest BCUT2D eigenvalue weighted by Crippen LogP contribution is 2.38. The molecule has 202 valence electrons. The van der Waals surface area contributed by atoms with E-state index in [4.69, 9.17) is 9.10 Å². The lowest BCUT2D eigenvalue weighted by molar-refractivity contribution is -0.134. The van der Waals surface area contributed by atoms with E-state index < -0.39 is 6.98 Å². The van der Waals surface area contributed by atoms with Crippen molar-refractivity contribution in [2.45, 2.75) is 66.0 Å². The van der Waals surface area contributed by atoms with Crippen LogP contribution in [0.2, 0.25) is 0 Å². The second-order valence-corrected chi connectivity index (χ2v) is 11.0. The van der Waals surface area contributed by atoms with E-state index in [1.807, 2.05) is 22.5 Å². The summed E-state index contributed by atoms with van der Waals surface area (Å²) in [6.45, 7) is 11.9. The molecule has 0 spiro atoms. The summed E-state index contributed by atoms with van der Waals surface area (Å²) in [4.78, 5) is 31.7. The molecule has 9 heteroatoms. The quantitative estimate of drug-likeness (QED) is 0.407. The van der Waals surface area contributed by atoms with E-state index in [0.29, 0.717) is 13.1 Å². The van der Waals surface area contributed by atoms with Crippen LogP contribution in [0, 0.1) is 13.8 Å². The highest BCUT2D eigenvalue weighted by Gasteiger charge is 2.33. The van der Waals surface area contributed by atoms with Gasteiger partial charge < -0.3 is 19.7 Å². The zero-order valence-electron chi connectivity index (χ0n) is 26.4. The number of carbonyl (C=O) groups excluding carboxylic acids is 1. The predicted molar refractivity (Wildman–Crippen MR) is 153 cm³/mol. The van der Waals surface area contributed by atoms with Gasteiger partial charge in [-0.25, -0.2) is 14.5 Å². The molecule has 0 aliphatic carbocycles. The highest BCUT2D eigenvalue weighted by atomic mass is 16.2. The molecule has 1 aliphatic rings. The number of aromatic nitrogens is 5. The minimum Gasteiger partial charge on any atom is -0.353 e. The van der Waals surface area contributed by atoms with Crippen LogP contribution in [0.3, 0.4) is 0 Å². The van der Waals surface area contributed by atoms with Crippen LogP contribution in [-0.2, 0) is 4.79 Å². The van der Waals surface area contributed by atoms with Crippen LogP contribution in [0.15, 0.2) is 24.7 Å². The number of aromatic amines is 1. The SMILES string of the molecule is [2H]C([2H])([2H])N(C)CCC(=O)N1C[C@H](C)N(c2ccc3[nH]c(-c4cn5ncnc5c(C)c4C)c(C(C)C)c3n2)C[C@H]1C. The molecular weight excluding hydrogens is 476 g/mol. The fourth-order valence-electron chi connectivity index (χ4n) is 5.66. The lowest BCUT2D eigenvalue weighted by Crippen LogP contribution is -2.58. The number of anilines is 1. The molecule has 5 heterocycles. The largest absolute Gasteiger partial charge is 0.353 e. The van der Waals surface area contributed by atoms with Crippen molar-refractivity contribution in [2.24, 2.45) is 0 Å². The van der Waals surface area contributed by atoms with Gasteiger partial charge in [-0.2, -0.15) is 5.10 Å². The van der Waals surface area contributed by atoms with E-state index in [9.17, 15) is 4.79 Å². The molecule has 0 unspecified atom stereocenters. The molecule has 38 heavy (non-hydrogen) atoms. The fraction of sp³-hybridized carbons (Fsp3) is 0.517. The molecule has 1 amide bonds. The van der Waals surface area contributed by atoms with E-state index in [1.165, 1.54) is 11.9 Å². The van der Waals surface area contributed by atoms with Crippen LogP contribution in [0.4, 0.5) is 5.82 Å². The van der Waals surface area contributed by atoms with Gasteiger partial charge in [-0.1, -0.05) is 13.8 Å². The number of hydrogen-bond donors (Lipinski definition) is 1. The van der Waals surface area contributed by atoms with Crippen molar-refractivity contribution in [1.29, 1.82) is 0 Å². The van der Waals surface area contributed by atoms with Crippen LogP contribution in [0.25, 0.3) is 27.9 Å². The number of pyridine rings is 2. The van der Waals surface area contributed by atoms with Gasteiger partial charge in [0, 0.05) is 59.6 Å². The summed E-state index contributed by atoms with van der Waals surface area (Å²) < 4.78 is 24.4. The number of nitrogens with zero attached hydrogens (tertiary/aromatic N) is 7. The van der Waals surface area contributed by atoms with Crippen molar-refractivity contribution in [3.8, 4) is 11.3 Å². The first kappa shape index (κ1) is 22.5. The molecule has 4 aromatic rings. The third-order valence-corrected chi connectivity index (χ3v) is 7.90. The zero-order chi connectivity index (χ0) is 29.8. The fourth-order valence-corrected chi connectivity index (χ4v) is 5.66. The molecule has 5 rings (SSSR count). The molecule has 9 nitrogen and oxygen atoms in total. The van der Waals surface area contributed by atoms with Gasteiger partial charge in [0.2, 0.25) is 5.91 Å².